The first-order valence-electron chi connectivity index (χ1n) is 8.27. The molecule has 0 radical (unpaired) electrons. The quantitative estimate of drug-likeness (QED) is 0.801. The second-order valence-electron chi connectivity index (χ2n) is 6.40. The van der Waals surface area contributed by atoms with Crippen LogP contribution in [0.1, 0.15) is 31.7 Å². The third-order valence-corrected chi connectivity index (χ3v) is 4.98. The van der Waals surface area contributed by atoms with Crippen molar-refractivity contribution < 1.29 is 19.1 Å². The van der Waals surface area contributed by atoms with Crippen LogP contribution in [-0.4, -0.2) is 36.7 Å². The largest absolute Gasteiger partial charge is 0.466 e. The Morgan fingerprint density at radius 2 is 1.87 bits per heavy atom. The molecule has 1 aromatic carbocycles. The first-order chi connectivity index (χ1) is 11.1. The molecule has 1 aromatic rings. The molecule has 1 atom stereocenters. The molecular weight excluding hydrogens is 294 g/mol. The fourth-order valence-corrected chi connectivity index (χ4v) is 3.42. The number of nitrogens with zero attached hydrogens (tertiary/aromatic N) is 1. The summed E-state index contributed by atoms with van der Waals surface area (Å²) in [7, 11) is 0. The van der Waals surface area contributed by atoms with Gasteiger partial charge in [0.25, 0.3) is 0 Å². The number of benzene rings is 1. The van der Waals surface area contributed by atoms with Gasteiger partial charge in [0.05, 0.1) is 12.5 Å². The van der Waals surface area contributed by atoms with Crippen LogP contribution in [0.2, 0.25) is 0 Å². The molecule has 2 fully saturated rings. The van der Waals surface area contributed by atoms with Gasteiger partial charge in [0.2, 0.25) is 0 Å². The molecule has 5 nitrogen and oxygen atoms in total. The fourth-order valence-electron chi connectivity index (χ4n) is 3.42. The van der Waals surface area contributed by atoms with E-state index in [2.05, 4.69) is 0 Å². The van der Waals surface area contributed by atoms with E-state index in [9.17, 15) is 9.59 Å². The Morgan fingerprint density at radius 3 is 2.52 bits per heavy atom. The molecule has 1 aliphatic heterocycles. The van der Waals surface area contributed by atoms with Crippen LogP contribution in [0.25, 0.3) is 0 Å². The van der Waals surface area contributed by atoms with Gasteiger partial charge in [-0.15, -0.1) is 0 Å². The van der Waals surface area contributed by atoms with Gasteiger partial charge in [0.1, 0.15) is 6.61 Å². The number of carbonyl (C=O) groups excluding carboxylic acids is 2. The summed E-state index contributed by atoms with van der Waals surface area (Å²) in [5, 5.41) is 0. The smallest absolute Gasteiger partial charge is 0.410 e. The van der Waals surface area contributed by atoms with Crippen molar-refractivity contribution in [1.82, 2.24) is 4.90 Å². The first-order valence-corrected chi connectivity index (χ1v) is 8.27. The number of ether oxygens (including phenoxy) is 2. The minimum absolute atomic E-state index is 0.0324. The van der Waals surface area contributed by atoms with E-state index in [0.29, 0.717) is 26.3 Å². The van der Waals surface area contributed by atoms with Crippen LogP contribution in [-0.2, 0) is 20.9 Å². The molecule has 124 valence electrons. The lowest BCUT2D eigenvalue weighted by Crippen LogP contribution is -2.40. The predicted molar refractivity (Wildman–Crippen MR) is 84.6 cm³/mol. The van der Waals surface area contributed by atoms with Crippen molar-refractivity contribution in [2.45, 2.75) is 32.8 Å². The van der Waals surface area contributed by atoms with E-state index in [1.54, 1.807) is 4.90 Å². The monoisotopic (exact) mass is 317 g/mol. The lowest BCUT2D eigenvalue weighted by molar-refractivity contribution is -0.145. The van der Waals surface area contributed by atoms with Gasteiger partial charge >= 0.3 is 12.1 Å². The van der Waals surface area contributed by atoms with Gasteiger partial charge in [-0.05, 0) is 37.2 Å². The second-order valence-corrected chi connectivity index (χ2v) is 6.40. The zero-order valence-electron chi connectivity index (χ0n) is 13.5. The third kappa shape index (κ3) is 3.49. The molecule has 1 amide bonds. The molecule has 0 N–H and O–H groups in total. The van der Waals surface area contributed by atoms with Crippen LogP contribution >= 0.6 is 0 Å². The summed E-state index contributed by atoms with van der Waals surface area (Å²) in [5.41, 5.74) is 1.06. The average molecular weight is 317 g/mol. The van der Waals surface area contributed by atoms with Crippen molar-refractivity contribution in [3.8, 4) is 0 Å². The van der Waals surface area contributed by atoms with Crippen molar-refractivity contribution >= 4 is 12.1 Å². The molecule has 2 aliphatic rings. The Bertz CT molecular complexity index is 564. The summed E-state index contributed by atoms with van der Waals surface area (Å²) in [4.78, 5) is 25.7. The molecule has 0 aromatic heterocycles. The molecule has 23 heavy (non-hydrogen) atoms. The van der Waals surface area contributed by atoms with Crippen molar-refractivity contribution in [3.63, 3.8) is 0 Å². The number of hydrogen-bond acceptors (Lipinski definition) is 4. The van der Waals surface area contributed by atoms with E-state index in [1.807, 2.05) is 37.3 Å². The number of amides is 1. The number of rotatable bonds is 4. The number of hydrogen-bond donors (Lipinski definition) is 0. The highest BCUT2D eigenvalue weighted by Gasteiger charge is 2.59. The molecule has 3 rings (SSSR count). The van der Waals surface area contributed by atoms with Gasteiger partial charge in [-0.3, -0.25) is 4.79 Å². The standard InChI is InChI=1S/C18H23NO4/c1-2-22-16(20)15-12-18(15)8-10-19(11-9-18)17(21)23-13-14-6-4-3-5-7-14/h3-7,15H,2,8-13H2,1H3/t15-/m1/s1. The van der Waals surface area contributed by atoms with E-state index >= 15 is 0 Å². The summed E-state index contributed by atoms with van der Waals surface area (Å²) < 4.78 is 10.5. The molecule has 1 saturated carbocycles. The molecule has 5 heteroatoms. The maximum atomic E-state index is 12.1. The van der Waals surface area contributed by atoms with Gasteiger partial charge in [-0.1, -0.05) is 30.3 Å². The minimum atomic E-state index is -0.267. The lowest BCUT2D eigenvalue weighted by atomic mass is 9.91. The van der Waals surface area contributed by atoms with Gasteiger partial charge in [-0.25, -0.2) is 4.79 Å². The van der Waals surface area contributed by atoms with E-state index in [-0.39, 0.29) is 23.4 Å². The first kappa shape index (κ1) is 15.8. The summed E-state index contributed by atoms with van der Waals surface area (Å²) >= 11 is 0. The number of piperidine rings is 1. The van der Waals surface area contributed by atoms with E-state index in [4.69, 9.17) is 9.47 Å². The number of esters is 1. The number of likely N-dealkylation sites (tertiary alicyclic amines) is 1. The van der Waals surface area contributed by atoms with E-state index in [0.717, 1.165) is 24.8 Å². The normalized spacial score (nSPS) is 21.8. The zero-order valence-corrected chi connectivity index (χ0v) is 13.5. The van der Waals surface area contributed by atoms with Crippen LogP contribution in [0, 0.1) is 11.3 Å². The van der Waals surface area contributed by atoms with Crippen molar-refractivity contribution in [2.75, 3.05) is 19.7 Å². The van der Waals surface area contributed by atoms with Crippen LogP contribution in [0.4, 0.5) is 4.79 Å². The summed E-state index contributed by atoms with van der Waals surface area (Å²) in [5.74, 6) is -0.0439. The predicted octanol–water partition coefficient (Wildman–Crippen LogP) is 2.99. The average Bonchev–Trinajstić information content (AvgIpc) is 3.28. The van der Waals surface area contributed by atoms with Crippen LogP contribution < -0.4 is 0 Å². The van der Waals surface area contributed by atoms with Gasteiger partial charge < -0.3 is 14.4 Å². The fraction of sp³-hybridized carbons (Fsp3) is 0.556. The Balaban J connectivity index is 1.44. The van der Waals surface area contributed by atoms with Crippen LogP contribution in [0.5, 0.6) is 0 Å². The topological polar surface area (TPSA) is 55.8 Å². The van der Waals surface area contributed by atoms with Crippen LogP contribution in [0.3, 0.4) is 0 Å². The molecule has 1 heterocycles. The van der Waals surface area contributed by atoms with Gasteiger partial charge in [0, 0.05) is 13.1 Å². The highest BCUT2D eigenvalue weighted by Crippen LogP contribution is 2.59. The SMILES string of the molecule is CCOC(=O)[C@H]1CC12CCN(C(=O)OCc1ccccc1)CC2. The number of carbonyl (C=O) groups is 2. The Hall–Kier alpha value is -2.04. The maximum Gasteiger partial charge on any atom is 0.410 e. The van der Waals surface area contributed by atoms with E-state index in [1.165, 1.54) is 0 Å². The van der Waals surface area contributed by atoms with Crippen LogP contribution in [0.15, 0.2) is 30.3 Å². The van der Waals surface area contributed by atoms with Crippen molar-refractivity contribution in [1.29, 1.82) is 0 Å². The van der Waals surface area contributed by atoms with Gasteiger partial charge in [0.15, 0.2) is 0 Å². The molecule has 1 saturated heterocycles. The molecule has 0 unspecified atom stereocenters. The minimum Gasteiger partial charge on any atom is -0.466 e. The Kier molecular flexibility index (Phi) is 4.55. The summed E-state index contributed by atoms with van der Waals surface area (Å²) in [6.07, 6.45) is 2.35. The molecule has 1 aliphatic carbocycles. The lowest BCUT2D eigenvalue weighted by Gasteiger charge is -2.32. The Morgan fingerprint density at radius 1 is 1.17 bits per heavy atom. The third-order valence-electron chi connectivity index (χ3n) is 4.98. The maximum absolute atomic E-state index is 12.1. The van der Waals surface area contributed by atoms with Gasteiger partial charge in [-0.2, -0.15) is 0 Å². The highest BCUT2D eigenvalue weighted by atomic mass is 16.6. The summed E-state index contributed by atoms with van der Waals surface area (Å²) in [6, 6.07) is 9.66. The second kappa shape index (κ2) is 6.60. The highest BCUT2D eigenvalue weighted by molar-refractivity contribution is 5.77. The van der Waals surface area contributed by atoms with Crippen molar-refractivity contribution in [2.24, 2.45) is 11.3 Å². The van der Waals surface area contributed by atoms with E-state index < -0.39 is 0 Å². The molecule has 0 bridgehead atoms. The zero-order chi connectivity index (χ0) is 16.3. The Labute approximate surface area is 136 Å². The molecular formula is C18H23NO4. The van der Waals surface area contributed by atoms with Crippen molar-refractivity contribution in [3.05, 3.63) is 35.9 Å². The molecule has 1 spiro atoms. The summed E-state index contributed by atoms with van der Waals surface area (Å²) in [6.45, 7) is 3.88.